The van der Waals surface area contributed by atoms with Crippen LogP contribution in [0.4, 0.5) is 0 Å². The van der Waals surface area contributed by atoms with Crippen LogP contribution in [0.25, 0.3) is 11.0 Å². The van der Waals surface area contributed by atoms with E-state index in [1.165, 1.54) is 5.52 Å². The quantitative estimate of drug-likeness (QED) is 0.629. The van der Waals surface area contributed by atoms with Gasteiger partial charge in [-0.1, -0.05) is 32.9 Å². The standard InChI is InChI=1S/C16H26N4/c1-5-20-15-9-7-6-8-13(15)18-16(20)10-14(19-17)12(4)11(2)3/h6-9,11-12,14,19H,5,10,17H2,1-4H3. The molecule has 0 aliphatic rings. The summed E-state index contributed by atoms with van der Waals surface area (Å²) in [7, 11) is 0. The molecule has 0 radical (unpaired) electrons. The van der Waals surface area contributed by atoms with E-state index in [2.05, 4.69) is 55.9 Å². The fraction of sp³-hybridized carbons (Fsp3) is 0.562. The Labute approximate surface area is 121 Å². The van der Waals surface area contributed by atoms with Gasteiger partial charge >= 0.3 is 0 Å². The number of fused-ring (bicyclic) bond motifs is 1. The Bertz CT molecular complexity index is 559. The zero-order valence-electron chi connectivity index (χ0n) is 12.9. The molecule has 0 fully saturated rings. The van der Waals surface area contributed by atoms with Gasteiger partial charge in [-0.05, 0) is 30.9 Å². The summed E-state index contributed by atoms with van der Waals surface area (Å²) in [6.45, 7) is 9.81. The zero-order chi connectivity index (χ0) is 14.7. The Morgan fingerprint density at radius 2 is 1.95 bits per heavy atom. The predicted octanol–water partition coefficient (Wildman–Crippen LogP) is 2.72. The molecule has 3 N–H and O–H groups in total. The first-order valence-electron chi connectivity index (χ1n) is 7.48. The lowest BCUT2D eigenvalue weighted by Gasteiger charge is -2.26. The van der Waals surface area contributed by atoms with Crippen LogP contribution in [0.5, 0.6) is 0 Å². The fourth-order valence-electron chi connectivity index (χ4n) is 2.69. The third-order valence-corrected chi connectivity index (χ3v) is 4.35. The molecule has 110 valence electrons. The Morgan fingerprint density at radius 1 is 1.25 bits per heavy atom. The molecule has 0 aliphatic carbocycles. The van der Waals surface area contributed by atoms with Gasteiger partial charge in [0.1, 0.15) is 5.82 Å². The molecule has 0 saturated carbocycles. The van der Waals surface area contributed by atoms with Crippen LogP contribution in [0.1, 0.15) is 33.5 Å². The van der Waals surface area contributed by atoms with Crippen LogP contribution in [0.15, 0.2) is 24.3 Å². The molecule has 4 heteroatoms. The lowest BCUT2D eigenvalue weighted by molar-refractivity contribution is 0.294. The Balaban J connectivity index is 2.32. The number of imidazole rings is 1. The number of hydrazine groups is 1. The van der Waals surface area contributed by atoms with Crippen molar-refractivity contribution in [3.63, 3.8) is 0 Å². The van der Waals surface area contributed by atoms with E-state index < -0.39 is 0 Å². The van der Waals surface area contributed by atoms with E-state index in [-0.39, 0.29) is 6.04 Å². The van der Waals surface area contributed by atoms with E-state index in [1.807, 2.05) is 6.07 Å². The largest absolute Gasteiger partial charge is 0.328 e. The molecule has 1 aromatic heterocycles. The molecule has 2 atom stereocenters. The lowest BCUT2D eigenvalue weighted by atomic mass is 9.88. The average Bonchev–Trinajstić information content (AvgIpc) is 2.80. The Kier molecular flexibility index (Phi) is 4.78. The van der Waals surface area contributed by atoms with Crippen molar-refractivity contribution < 1.29 is 0 Å². The van der Waals surface area contributed by atoms with E-state index >= 15 is 0 Å². The second-order valence-electron chi connectivity index (χ2n) is 5.84. The molecule has 0 saturated heterocycles. The molecule has 2 rings (SSSR count). The van der Waals surface area contributed by atoms with Gasteiger partial charge in [-0.25, -0.2) is 4.98 Å². The number of aromatic nitrogens is 2. The second-order valence-corrected chi connectivity index (χ2v) is 5.84. The van der Waals surface area contributed by atoms with Crippen molar-refractivity contribution in [2.45, 2.75) is 46.7 Å². The highest BCUT2D eigenvalue weighted by molar-refractivity contribution is 5.75. The fourth-order valence-corrected chi connectivity index (χ4v) is 2.69. The molecule has 1 aromatic carbocycles. The Morgan fingerprint density at radius 3 is 2.55 bits per heavy atom. The number of nitrogens with zero attached hydrogens (tertiary/aromatic N) is 2. The van der Waals surface area contributed by atoms with Crippen LogP contribution in [-0.2, 0) is 13.0 Å². The average molecular weight is 274 g/mol. The van der Waals surface area contributed by atoms with Crippen LogP contribution < -0.4 is 11.3 Å². The van der Waals surface area contributed by atoms with Gasteiger partial charge in [0.05, 0.1) is 11.0 Å². The Hall–Kier alpha value is -1.39. The van der Waals surface area contributed by atoms with Crippen molar-refractivity contribution in [1.82, 2.24) is 15.0 Å². The van der Waals surface area contributed by atoms with Gasteiger partial charge in [0.2, 0.25) is 0 Å². The van der Waals surface area contributed by atoms with Crippen LogP contribution in [0.3, 0.4) is 0 Å². The molecule has 0 amide bonds. The van der Waals surface area contributed by atoms with Crippen LogP contribution in [-0.4, -0.2) is 15.6 Å². The number of nitrogens with one attached hydrogen (secondary N) is 1. The van der Waals surface area contributed by atoms with Crippen molar-refractivity contribution in [3.05, 3.63) is 30.1 Å². The van der Waals surface area contributed by atoms with Crippen molar-refractivity contribution in [3.8, 4) is 0 Å². The van der Waals surface area contributed by atoms with Gasteiger partial charge in [0.15, 0.2) is 0 Å². The molecule has 4 nitrogen and oxygen atoms in total. The normalized spacial score (nSPS) is 14.9. The van der Waals surface area contributed by atoms with Crippen molar-refractivity contribution in [2.75, 3.05) is 0 Å². The number of aryl methyl sites for hydroxylation is 1. The first kappa shape index (κ1) is 15.0. The summed E-state index contributed by atoms with van der Waals surface area (Å²) in [5, 5.41) is 0. The van der Waals surface area contributed by atoms with Gasteiger partial charge in [-0.2, -0.15) is 0 Å². The number of nitrogens with two attached hydrogens (primary N) is 1. The van der Waals surface area contributed by atoms with Gasteiger partial charge in [-0.3, -0.25) is 11.3 Å². The summed E-state index contributed by atoms with van der Waals surface area (Å²) in [5.74, 6) is 7.97. The van der Waals surface area contributed by atoms with Gasteiger partial charge in [-0.15, -0.1) is 0 Å². The summed E-state index contributed by atoms with van der Waals surface area (Å²) >= 11 is 0. The molecule has 0 aliphatic heterocycles. The van der Waals surface area contributed by atoms with Crippen LogP contribution in [0.2, 0.25) is 0 Å². The highest BCUT2D eigenvalue weighted by atomic mass is 15.2. The van der Waals surface area contributed by atoms with Gasteiger partial charge in [0, 0.05) is 19.0 Å². The van der Waals surface area contributed by atoms with E-state index in [1.54, 1.807) is 0 Å². The monoisotopic (exact) mass is 274 g/mol. The number of rotatable bonds is 6. The van der Waals surface area contributed by atoms with Gasteiger partial charge in [0.25, 0.3) is 0 Å². The maximum Gasteiger partial charge on any atom is 0.111 e. The minimum Gasteiger partial charge on any atom is -0.328 e. The molecule has 0 bridgehead atoms. The minimum absolute atomic E-state index is 0.247. The minimum atomic E-state index is 0.247. The predicted molar refractivity (Wildman–Crippen MR) is 84.2 cm³/mol. The molecule has 1 heterocycles. The second kappa shape index (κ2) is 6.37. The SMILES string of the molecule is CCn1c(CC(NN)C(C)C(C)C)nc2ccccc21. The molecule has 20 heavy (non-hydrogen) atoms. The third-order valence-electron chi connectivity index (χ3n) is 4.35. The molecule has 2 aromatic rings. The van der Waals surface area contributed by atoms with E-state index in [0.717, 1.165) is 24.3 Å². The number of para-hydroxylation sites is 2. The number of hydrogen-bond acceptors (Lipinski definition) is 3. The summed E-state index contributed by atoms with van der Waals surface area (Å²) in [4.78, 5) is 4.78. The van der Waals surface area contributed by atoms with Crippen LogP contribution >= 0.6 is 0 Å². The van der Waals surface area contributed by atoms with E-state index in [0.29, 0.717) is 11.8 Å². The van der Waals surface area contributed by atoms with E-state index in [9.17, 15) is 0 Å². The summed E-state index contributed by atoms with van der Waals surface area (Å²) in [6.07, 6.45) is 0.859. The molecular formula is C16H26N4. The van der Waals surface area contributed by atoms with Crippen molar-refractivity contribution in [1.29, 1.82) is 0 Å². The molecule has 2 unspecified atom stereocenters. The van der Waals surface area contributed by atoms with Crippen molar-refractivity contribution in [2.24, 2.45) is 17.7 Å². The summed E-state index contributed by atoms with van der Waals surface area (Å²) in [6, 6.07) is 8.55. The lowest BCUT2D eigenvalue weighted by Crippen LogP contribution is -2.43. The molecule has 0 spiro atoms. The summed E-state index contributed by atoms with van der Waals surface area (Å²) in [5.41, 5.74) is 5.25. The molecular weight excluding hydrogens is 248 g/mol. The number of benzene rings is 1. The highest BCUT2D eigenvalue weighted by Crippen LogP contribution is 2.21. The van der Waals surface area contributed by atoms with Gasteiger partial charge < -0.3 is 4.57 Å². The zero-order valence-corrected chi connectivity index (χ0v) is 12.9. The number of hydrogen-bond donors (Lipinski definition) is 2. The first-order chi connectivity index (χ1) is 9.58. The smallest absolute Gasteiger partial charge is 0.111 e. The highest BCUT2D eigenvalue weighted by Gasteiger charge is 2.22. The van der Waals surface area contributed by atoms with Crippen molar-refractivity contribution >= 4 is 11.0 Å². The maximum atomic E-state index is 5.76. The first-order valence-corrected chi connectivity index (χ1v) is 7.48. The van der Waals surface area contributed by atoms with E-state index in [4.69, 9.17) is 10.8 Å². The topological polar surface area (TPSA) is 55.9 Å². The maximum absolute atomic E-state index is 5.76. The van der Waals surface area contributed by atoms with Crippen LogP contribution in [0, 0.1) is 11.8 Å². The third kappa shape index (κ3) is 2.86. The summed E-state index contributed by atoms with van der Waals surface area (Å²) < 4.78 is 2.28.